The minimum absolute atomic E-state index is 0.237. The van der Waals surface area contributed by atoms with Crippen LogP contribution < -0.4 is 5.32 Å². The number of amides is 1. The standard InChI is InChI=1S/C14H18FNO2/c1-9-3-6-12(7-13(9)15)16-14(17)10(2)18-8-11-4-5-11/h3,6-7,10-11H,4-5,8H2,1-2H3,(H,16,17). The Hall–Kier alpha value is -1.42. The molecule has 1 fully saturated rings. The van der Waals surface area contributed by atoms with Gasteiger partial charge in [-0.05, 0) is 50.3 Å². The monoisotopic (exact) mass is 251 g/mol. The molecule has 4 heteroatoms. The lowest BCUT2D eigenvalue weighted by molar-refractivity contribution is -0.126. The SMILES string of the molecule is Cc1ccc(NC(=O)C(C)OCC2CC2)cc1F. The number of ether oxygens (including phenoxy) is 1. The summed E-state index contributed by atoms with van der Waals surface area (Å²) in [6.07, 6.45) is 1.88. The molecule has 0 aromatic heterocycles. The maximum absolute atomic E-state index is 13.3. The summed E-state index contributed by atoms with van der Waals surface area (Å²) in [7, 11) is 0. The lowest BCUT2D eigenvalue weighted by atomic mass is 10.2. The van der Waals surface area contributed by atoms with Gasteiger partial charge in [0.1, 0.15) is 11.9 Å². The van der Waals surface area contributed by atoms with E-state index in [9.17, 15) is 9.18 Å². The number of hydrogen-bond donors (Lipinski definition) is 1. The molecule has 0 radical (unpaired) electrons. The summed E-state index contributed by atoms with van der Waals surface area (Å²) >= 11 is 0. The fourth-order valence-electron chi connectivity index (χ4n) is 1.56. The largest absolute Gasteiger partial charge is 0.368 e. The Kier molecular flexibility index (Phi) is 3.97. The highest BCUT2D eigenvalue weighted by Gasteiger charge is 2.24. The minimum Gasteiger partial charge on any atom is -0.368 e. The molecule has 1 saturated carbocycles. The second-order valence-corrected chi connectivity index (χ2v) is 4.87. The van der Waals surface area contributed by atoms with Crippen LogP contribution in [0.1, 0.15) is 25.3 Å². The van der Waals surface area contributed by atoms with Crippen LogP contribution in [0.4, 0.5) is 10.1 Å². The average Bonchev–Trinajstić information content (AvgIpc) is 3.14. The van der Waals surface area contributed by atoms with Crippen LogP contribution in [0.3, 0.4) is 0 Å². The fourth-order valence-corrected chi connectivity index (χ4v) is 1.56. The van der Waals surface area contributed by atoms with Gasteiger partial charge in [-0.3, -0.25) is 4.79 Å². The maximum Gasteiger partial charge on any atom is 0.253 e. The zero-order valence-electron chi connectivity index (χ0n) is 10.7. The molecule has 18 heavy (non-hydrogen) atoms. The van der Waals surface area contributed by atoms with Crippen molar-refractivity contribution < 1.29 is 13.9 Å². The van der Waals surface area contributed by atoms with Gasteiger partial charge in [0.15, 0.2) is 0 Å². The van der Waals surface area contributed by atoms with Gasteiger partial charge in [-0.25, -0.2) is 4.39 Å². The molecule has 98 valence electrons. The number of rotatable bonds is 5. The van der Waals surface area contributed by atoms with Gasteiger partial charge in [-0.2, -0.15) is 0 Å². The van der Waals surface area contributed by atoms with Crippen LogP contribution in [0, 0.1) is 18.7 Å². The maximum atomic E-state index is 13.3. The minimum atomic E-state index is -0.505. The Morgan fingerprint density at radius 2 is 2.28 bits per heavy atom. The van der Waals surface area contributed by atoms with E-state index in [1.165, 1.54) is 18.9 Å². The molecule has 1 aliphatic carbocycles. The zero-order valence-corrected chi connectivity index (χ0v) is 10.7. The lowest BCUT2D eigenvalue weighted by Gasteiger charge is -2.13. The molecule has 0 bridgehead atoms. The van der Waals surface area contributed by atoms with Gasteiger partial charge in [-0.1, -0.05) is 6.07 Å². The second kappa shape index (κ2) is 5.48. The zero-order chi connectivity index (χ0) is 13.1. The Bertz CT molecular complexity index is 443. The number of hydrogen-bond acceptors (Lipinski definition) is 2. The van der Waals surface area contributed by atoms with Gasteiger partial charge < -0.3 is 10.1 Å². The van der Waals surface area contributed by atoms with Crippen molar-refractivity contribution in [3.8, 4) is 0 Å². The van der Waals surface area contributed by atoms with Crippen LogP contribution >= 0.6 is 0 Å². The third-order valence-corrected chi connectivity index (χ3v) is 3.09. The number of benzene rings is 1. The highest BCUT2D eigenvalue weighted by atomic mass is 19.1. The van der Waals surface area contributed by atoms with Crippen LogP contribution in [0.25, 0.3) is 0 Å². The molecular formula is C14H18FNO2. The molecule has 1 aromatic rings. The fraction of sp³-hybridized carbons (Fsp3) is 0.500. The van der Waals surface area contributed by atoms with Crippen molar-refractivity contribution in [2.45, 2.75) is 32.8 Å². The number of carbonyl (C=O) groups excluding carboxylic acids is 1. The van der Waals surface area contributed by atoms with Gasteiger partial charge in [0.05, 0.1) is 6.61 Å². The summed E-state index contributed by atoms with van der Waals surface area (Å²) in [5.41, 5.74) is 1.02. The molecule has 1 unspecified atom stereocenters. The molecule has 0 heterocycles. The van der Waals surface area contributed by atoms with Crippen LogP contribution in [0.15, 0.2) is 18.2 Å². The third-order valence-electron chi connectivity index (χ3n) is 3.09. The van der Waals surface area contributed by atoms with E-state index < -0.39 is 6.10 Å². The molecule has 0 spiro atoms. The van der Waals surface area contributed by atoms with Crippen molar-refractivity contribution in [1.29, 1.82) is 0 Å². The van der Waals surface area contributed by atoms with E-state index in [1.807, 2.05) is 0 Å². The van der Waals surface area contributed by atoms with E-state index in [1.54, 1.807) is 26.0 Å². The predicted octanol–water partition coefficient (Wildman–Crippen LogP) is 2.89. The average molecular weight is 251 g/mol. The van der Waals surface area contributed by atoms with Crippen LogP contribution in [-0.2, 0) is 9.53 Å². The summed E-state index contributed by atoms with van der Waals surface area (Å²) in [4.78, 5) is 11.8. The van der Waals surface area contributed by atoms with Gasteiger partial charge in [0, 0.05) is 5.69 Å². The van der Waals surface area contributed by atoms with E-state index in [0.717, 1.165) is 0 Å². The number of aryl methyl sites for hydroxylation is 1. The first-order chi connectivity index (χ1) is 8.56. The lowest BCUT2D eigenvalue weighted by Crippen LogP contribution is -2.28. The molecule has 1 aromatic carbocycles. The summed E-state index contributed by atoms with van der Waals surface area (Å²) in [6.45, 7) is 4.03. The van der Waals surface area contributed by atoms with Gasteiger partial charge in [0.2, 0.25) is 0 Å². The second-order valence-electron chi connectivity index (χ2n) is 4.87. The van der Waals surface area contributed by atoms with Crippen LogP contribution in [-0.4, -0.2) is 18.6 Å². The summed E-state index contributed by atoms with van der Waals surface area (Å²) in [5.74, 6) is 0.0651. The molecule has 2 rings (SSSR count). The molecule has 1 aliphatic rings. The molecule has 0 saturated heterocycles. The van der Waals surface area contributed by atoms with Crippen molar-refractivity contribution >= 4 is 11.6 Å². The molecule has 3 nitrogen and oxygen atoms in total. The van der Waals surface area contributed by atoms with Crippen molar-refractivity contribution in [2.75, 3.05) is 11.9 Å². The van der Waals surface area contributed by atoms with Crippen LogP contribution in [0.5, 0.6) is 0 Å². The molecule has 1 N–H and O–H groups in total. The summed E-state index contributed by atoms with van der Waals surface area (Å²) in [6, 6.07) is 4.64. The normalized spacial score (nSPS) is 16.4. The van der Waals surface area contributed by atoms with E-state index in [2.05, 4.69) is 5.32 Å². The molecule has 1 atom stereocenters. The number of carbonyl (C=O) groups is 1. The smallest absolute Gasteiger partial charge is 0.253 e. The quantitative estimate of drug-likeness (QED) is 0.873. The third kappa shape index (κ3) is 3.53. The summed E-state index contributed by atoms with van der Waals surface area (Å²) in [5, 5.41) is 2.65. The highest BCUT2D eigenvalue weighted by molar-refractivity contribution is 5.93. The van der Waals surface area contributed by atoms with Gasteiger partial charge >= 0.3 is 0 Å². The van der Waals surface area contributed by atoms with E-state index in [4.69, 9.17) is 4.74 Å². The topological polar surface area (TPSA) is 38.3 Å². The molecular weight excluding hydrogens is 233 g/mol. The van der Waals surface area contributed by atoms with Gasteiger partial charge in [-0.15, -0.1) is 0 Å². The van der Waals surface area contributed by atoms with E-state index in [0.29, 0.717) is 23.8 Å². The van der Waals surface area contributed by atoms with Crippen molar-refractivity contribution in [1.82, 2.24) is 0 Å². The first kappa shape index (κ1) is 13.0. The Labute approximate surface area is 106 Å². The first-order valence-electron chi connectivity index (χ1n) is 6.25. The van der Waals surface area contributed by atoms with Crippen molar-refractivity contribution in [3.05, 3.63) is 29.6 Å². The Morgan fingerprint density at radius 1 is 1.56 bits per heavy atom. The van der Waals surface area contributed by atoms with E-state index >= 15 is 0 Å². The number of anilines is 1. The van der Waals surface area contributed by atoms with Crippen molar-refractivity contribution in [2.24, 2.45) is 5.92 Å². The van der Waals surface area contributed by atoms with E-state index in [-0.39, 0.29) is 11.7 Å². The highest BCUT2D eigenvalue weighted by Crippen LogP contribution is 2.29. The summed E-state index contributed by atoms with van der Waals surface area (Å²) < 4.78 is 18.8. The Morgan fingerprint density at radius 3 is 2.89 bits per heavy atom. The van der Waals surface area contributed by atoms with Crippen molar-refractivity contribution in [3.63, 3.8) is 0 Å². The number of halogens is 1. The molecule has 0 aliphatic heterocycles. The van der Waals surface area contributed by atoms with Gasteiger partial charge in [0.25, 0.3) is 5.91 Å². The Balaban J connectivity index is 1.86. The predicted molar refractivity (Wildman–Crippen MR) is 67.9 cm³/mol. The molecule has 1 amide bonds. The van der Waals surface area contributed by atoms with Crippen LogP contribution in [0.2, 0.25) is 0 Å². The first-order valence-corrected chi connectivity index (χ1v) is 6.25. The number of nitrogens with one attached hydrogen (secondary N) is 1.